The van der Waals surface area contributed by atoms with E-state index >= 15 is 0 Å². The van der Waals surface area contributed by atoms with Gasteiger partial charge >= 0.3 is 0 Å². The summed E-state index contributed by atoms with van der Waals surface area (Å²) in [5.41, 5.74) is 6.59. The van der Waals surface area contributed by atoms with Gasteiger partial charge in [0.15, 0.2) is 6.10 Å². The van der Waals surface area contributed by atoms with Gasteiger partial charge < -0.3 is 5.73 Å². The van der Waals surface area contributed by atoms with E-state index in [0.29, 0.717) is 5.69 Å². The summed E-state index contributed by atoms with van der Waals surface area (Å²) in [5.74, 6) is -2.14. The maximum Gasteiger partial charge on any atom is 0.265 e. The Labute approximate surface area is 163 Å². The maximum absolute atomic E-state index is 13.2. The molecule has 8 heteroatoms. The number of halogens is 1. The molecule has 2 aliphatic rings. The van der Waals surface area contributed by atoms with Gasteiger partial charge in [-0.15, -0.1) is 0 Å². The topological polar surface area (TPSA) is 92.9 Å². The third-order valence-corrected chi connectivity index (χ3v) is 5.26. The average Bonchev–Trinajstić information content (AvgIpc) is 3.12. The highest BCUT2D eigenvalue weighted by Crippen LogP contribution is 2.45. The number of benzene rings is 2. The number of amides is 3. The molecule has 3 unspecified atom stereocenters. The van der Waals surface area contributed by atoms with Crippen LogP contribution < -0.4 is 10.6 Å². The van der Waals surface area contributed by atoms with E-state index in [1.165, 1.54) is 5.06 Å². The number of nitrogens with zero attached hydrogens (tertiary/aromatic N) is 2. The van der Waals surface area contributed by atoms with Crippen LogP contribution in [0.3, 0.4) is 0 Å². The zero-order chi connectivity index (χ0) is 19.1. The van der Waals surface area contributed by atoms with Gasteiger partial charge in [-0.2, -0.15) is 5.06 Å². The fourth-order valence-electron chi connectivity index (χ4n) is 3.62. The van der Waals surface area contributed by atoms with E-state index in [2.05, 4.69) is 15.9 Å². The molecule has 2 aliphatic heterocycles. The van der Waals surface area contributed by atoms with Crippen molar-refractivity contribution in [3.05, 3.63) is 64.6 Å². The lowest BCUT2D eigenvalue weighted by Gasteiger charge is -2.26. The number of anilines is 1. The Balaban J connectivity index is 1.74. The second-order valence-electron chi connectivity index (χ2n) is 6.44. The third-order valence-electron chi connectivity index (χ3n) is 4.73. The largest absolute Gasteiger partial charge is 0.368 e. The summed E-state index contributed by atoms with van der Waals surface area (Å²) in [6, 6.07) is 15.5. The number of para-hydroxylation sites is 1. The molecule has 2 aromatic carbocycles. The number of fused-ring (bicyclic) bond motifs is 1. The number of hydrogen-bond acceptors (Lipinski definition) is 5. The number of hydroxylamine groups is 2. The van der Waals surface area contributed by atoms with Crippen LogP contribution in [0.5, 0.6) is 0 Å². The minimum absolute atomic E-state index is 0.209. The van der Waals surface area contributed by atoms with Crippen LogP contribution in [-0.2, 0) is 19.2 Å². The molecule has 2 N–H and O–H groups in total. The molecule has 0 spiro atoms. The molecule has 2 aromatic rings. The Morgan fingerprint density at radius 3 is 2.33 bits per heavy atom. The Hall–Kier alpha value is -2.55. The van der Waals surface area contributed by atoms with E-state index in [1.54, 1.807) is 24.3 Å². The van der Waals surface area contributed by atoms with Crippen LogP contribution >= 0.6 is 15.9 Å². The van der Waals surface area contributed by atoms with Gasteiger partial charge in [0.25, 0.3) is 5.91 Å². The summed E-state index contributed by atoms with van der Waals surface area (Å²) in [6.45, 7) is -0.209. The number of hydrogen-bond donors (Lipinski definition) is 1. The first-order chi connectivity index (χ1) is 13.0. The first-order valence-corrected chi connectivity index (χ1v) is 9.16. The number of nitrogens with two attached hydrogens (primary N) is 1. The predicted molar refractivity (Wildman–Crippen MR) is 100 cm³/mol. The van der Waals surface area contributed by atoms with Crippen LogP contribution in [0.4, 0.5) is 5.69 Å². The van der Waals surface area contributed by atoms with E-state index in [1.807, 2.05) is 30.3 Å². The van der Waals surface area contributed by atoms with Gasteiger partial charge in [-0.25, -0.2) is 4.90 Å². The van der Waals surface area contributed by atoms with Gasteiger partial charge in [0.05, 0.1) is 17.6 Å². The number of carbonyl (C=O) groups excluding carboxylic acids is 3. The maximum atomic E-state index is 13.2. The quantitative estimate of drug-likeness (QED) is 0.747. The van der Waals surface area contributed by atoms with Gasteiger partial charge in [0, 0.05) is 4.47 Å². The Bertz CT molecular complexity index is 903. The summed E-state index contributed by atoms with van der Waals surface area (Å²) >= 11 is 3.38. The van der Waals surface area contributed by atoms with E-state index < -0.39 is 29.9 Å². The molecule has 2 heterocycles. The zero-order valence-electron chi connectivity index (χ0n) is 14.1. The van der Waals surface area contributed by atoms with Gasteiger partial charge in [-0.3, -0.25) is 19.2 Å². The highest BCUT2D eigenvalue weighted by molar-refractivity contribution is 9.10. The smallest absolute Gasteiger partial charge is 0.265 e. The van der Waals surface area contributed by atoms with Crippen LogP contribution in [0.15, 0.2) is 59.1 Å². The van der Waals surface area contributed by atoms with Gasteiger partial charge in [0.2, 0.25) is 11.8 Å². The fourth-order valence-corrected chi connectivity index (χ4v) is 3.89. The highest BCUT2D eigenvalue weighted by Gasteiger charge is 2.60. The summed E-state index contributed by atoms with van der Waals surface area (Å²) in [7, 11) is 0. The van der Waals surface area contributed by atoms with E-state index in [4.69, 9.17) is 10.6 Å². The van der Waals surface area contributed by atoms with Crippen molar-refractivity contribution in [2.45, 2.75) is 12.1 Å². The minimum atomic E-state index is -0.981. The average molecular weight is 430 g/mol. The van der Waals surface area contributed by atoms with Crippen molar-refractivity contribution in [1.82, 2.24) is 5.06 Å². The molecule has 3 atom stereocenters. The molecule has 2 saturated heterocycles. The Kier molecular flexibility index (Phi) is 4.55. The lowest BCUT2D eigenvalue weighted by atomic mass is 9.91. The summed E-state index contributed by atoms with van der Waals surface area (Å²) in [4.78, 5) is 44.4. The van der Waals surface area contributed by atoms with Crippen LogP contribution in [0.2, 0.25) is 0 Å². The molecule has 0 aromatic heterocycles. The van der Waals surface area contributed by atoms with Crippen molar-refractivity contribution in [1.29, 1.82) is 0 Å². The molecule has 138 valence electrons. The summed E-state index contributed by atoms with van der Waals surface area (Å²) < 4.78 is 0.878. The Morgan fingerprint density at radius 1 is 1.04 bits per heavy atom. The SMILES string of the molecule is NC(=O)CN1OC2C(=O)N(c3ccccc3)C(=O)C2C1c1ccc(Br)cc1. The molecule has 2 fully saturated rings. The van der Waals surface area contributed by atoms with Crippen molar-refractivity contribution in [3.63, 3.8) is 0 Å². The predicted octanol–water partition coefficient (Wildman–Crippen LogP) is 1.78. The summed E-state index contributed by atoms with van der Waals surface area (Å²) in [5, 5.41) is 1.35. The molecule has 27 heavy (non-hydrogen) atoms. The second-order valence-corrected chi connectivity index (χ2v) is 7.35. The molecule has 0 aliphatic carbocycles. The minimum Gasteiger partial charge on any atom is -0.368 e. The standard InChI is InChI=1S/C19H16BrN3O4/c20-12-8-6-11(7-9-12)16-15-17(27-22(16)10-14(21)24)19(26)23(18(15)25)13-4-2-1-3-5-13/h1-9,15-17H,10H2,(H2,21,24). The molecular formula is C19H16BrN3O4. The normalized spacial score (nSPS) is 25.1. The lowest BCUT2D eigenvalue weighted by Crippen LogP contribution is -2.40. The molecule has 3 amide bonds. The molecular weight excluding hydrogens is 414 g/mol. The van der Waals surface area contributed by atoms with Crippen molar-refractivity contribution >= 4 is 39.3 Å². The number of primary amides is 1. The van der Waals surface area contributed by atoms with Crippen LogP contribution in [0.1, 0.15) is 11.6 Å². The van der Waals surface area contributed by atoms with Gasteiger partial charge in [-0.05, 0) is 29.8 Å². The number of carbonyl (C=O) groups is 3. The Morgan fingerprint density at radius 2 is 1.70 bits per heavy atom. The van der Waals surface area contributed by atoms with Crippen molar-refractivity contribution < 1.29 is 19.2 Å². The molecule has 0 bridgehead atoms. The van der Waals surface area contributed by atoms with E-state index in [-0.39, 0.29) is 12.5 Å². The van der Waals surface area contributed by atoms with Gasteiger partial charge in [-0.1, -0.05) is 46.3 Å². The number of imide groups is 1. The van der Waals surface area contributed by atoms with Crippen LogP contribution in [0.25, 0.3) is 0 Å². The zero-order valence-corrected chi connectivity index (χ0v) is 15.7. The van der Waals surface area contributed by atoms with Gasteiger partial charge in [0.1, 0.15) is 6.54 Å². The highest BCUT2D eigenvalue weighted by atomic mass is 79.9. The van der Waals surface area contributed by atoms with Crippen LogP contribution in [0, 0.1) is 5.92 Å². The van der Waals surface area contributed by atoms with E-state index in [0.717, 1.165) is 14.9 Å². The van der Waals surface area contributed by atoms with Crippen molar-refractivity contribution in [2.24, 2.45) is 11.7 Å². The summed E-state index contributed by atoms with van der Waals surface area (Å²) in [6.07, 6.45) is -0.981. The van der Waals surface area contributed by atoms with Crippen LogP contribution in [-0.4, -0.2) is 35.4 Å². The third kappa shape index (κ3) is 3.05. The van der Waals surface area contributed by atoms with Crippen molar-refractivity contribution in [2.75, 3.05) is 11.4 Å². The molecule has 0 radical (unpaired) electrons. The fraction of sp³-hybridized carbons (Fsp3) is 0.211. The molecule has 7 nitrogen and oxygen atoms in total. The first kappa shape index (κ1) is 17.8. The number of rotatable bonds is 4. The lowest BCUT2D eigenvalue weighted by molar-refractivity contribution is -0.175. The van der Waals surface area contributed by atoms with Crippen molar-refractivity contribution in [3.8, 4) is 0 Å². The van der Waals surface area contributed by atoms with E-state index in [9.17, 15) is 14.4 Å². The first-order valence-electron chi connectivity index (χ1n) is 8.37. The molecule has 4 rings (SSSR count). The second kappa shape index (κ2) is 6.88. The molecule has 0 saturated carbocycles. The monoisotopic (exact) mass is 429 g/mol.